The van der Waals surface area contributed by atoms with E-state index in [2.05, 4.69) is 9.67 Å². The molecule has 2 aromatic heterocycles. The molecule has 0 N–H and O–H groups in total. The van der Waals surface area contributed by atoms with Gasteiger partial charge in [-0.05, 0) is 49.8 Å². The van der Waals surface area contributed by atoms with E-state index >= 15 is 0 Å². The predicted molar refractivity (Wildman–Crippen MR) is 123 cm³/mol. The lowest BCUT2D eigenvalue weighted by atomic mass is 10.1. The van der Waals surface area contributed by atoms with Crippen LogP contribution in [-0.4, -0.2) is 20.3 Å². The molecule has 0 atom stereocenters. The predicted octanol–water partition coefficient (Wildman–Crippen LogP) is 6.06. The van der Waals surface area contributed by atoms with Crippen LogP contribution in [0.25, 0.3) is 17.0 Å². The minimum absolute atomic E-state index is 0.0173. The first-order valence-corrected chi connectivity index (χ1v) is 10.3. The van der Waals surface area contributed by atoms with Gasteiger partial charge in [0.25, 0.3) is 5.91 Å². The minimum Gasteiger partial charge on any atom is -0.342 e. The highest BCUT2D eigenvalue weighted by molar-refractivity contribution is 6.42. The normalized spacial score (nSPS) is 11.6. The number of allylic oxidation sites excluding steroid dienone is 1. The molecule has 2 aromatic carbocycles. The van der Waals surface area contributed by atoms with Gasteiger partial charge in [-0.1, -0.05) is 47.5 Å². The molecule has 4 aromatic rings. The van der Waals surface area contributed by atoms with Crippen LogP contribution in [-0.2, 0) is 6.54 Å². The average molecular weight is 449 g/mol. The molecule has 0 saturated carbocycles. The number of aryl methyl sites for hydroxylation is 2. The molecule has 0 fully saturated rings. The summed E-state index contributed by atoms with van der Waals surface area (Å²) in [5.74, 6) is -0.450. The first-order valence-electron chi connectivity index (χ1n) is 9.59. The monoisotopic (exact) mass is 448 g/mol. The van der Waals surface area contributed by atoms with E-state index in [0.717, 1.165) is 27.7 Å². The van der Waals surface area contributed by atoms with E-state index in [4.69, 9.17) is 23.2 Å². The van der Waals surface area contributed by atoms with Gasteiger partial charge in [0.05, 0.1) is 15.7 Å². The number of hydrogen-bond acceptors (Lipinski definition) is 3. The van der Waals surface area contributed by atoms with Crippen LogP contribution in [0.4, 0.5) is 0 Å². The van der Waals surface area contributed by atoms with Crippen molar-refractivity contribution in [1.29, 1.82) is 5.26 Å². The first-order chi connectivity index (χ1) is 14.9. The molecule has 0 amide bonds. The summed E-state index contributed by atoms with van der Waals surface area (Å²) in [5.41, 5.74) is 4.18. The fraction of sp³-hybridized carbons (Fsp3) is 0.125. The molecular formula is C24H18Cl2N4O. The maximum atomic E-state index is 12.9. The second-order valence-corrected chi connectivity index (χ2v) is 8.11. The average Bonchev–Trinajstić information content (AvgIpc) is 3.27. The standard InChI is InChI=1S/C24H18Cl2N4O/c1-15-9-16(2)30(28-15)24(31)18(12-27)11-19-14-29(23-6-4-3-5-20(19)23)13-17-7-8-21(25)22(26)10-17/h3-11,14H,13H2,1-2H3/b18-11+. The summed E-state index contributed by atoms with van der Waals surface area (Å²) in [6, 6.07) is 17.2. The van der Waals surface area contributed by atoms with Crippen molar-refractivity contribution in [3.8, 4) is 6.07 Å². The highest BCUT2D eigenvalue weighted by Gasteiger charge is 2.17. The van der Waals surface area contributed by atoms with E-state index in [1.807, 2.05) is 55.6 Å². The Balaban J connectivity index is 1.77. The molecule has 0 unspecified atom stereocenters. The van der Waals surface area contributed by atoms with Crippen LogP contribution in [0.3, 0.4) is 0 Å². The van der Waals surface area contributed by atoms with Gasteiger partial charge in [-0.25, -0.2) is 4.68 Å². The van der Waals surface area contributed by atoms with Gasteiger partial charge in [-0.2, -0.15) is 10.4 Å². The number of carbonyl (C=O) groups is 1. The molecule has 0 aliphatic rings. The van der Waals surface area contributed by atoms with Gasteiger partial charge < -0.3 is 4.57 Å². The summed E-state index contributed by atoms with van der Waals surface area (Å²) in [7, 11) is 0. The fourth-order valence-corrected chi connectivity index (χ4v) is 3.92. The Morgan fingerprint density at radius 3 is 2.58 bits per heavy atom. The summed E-state index contributed by atoms with van der Waals surface area (Å²) < 4.78 is 3.32. The molecule has 154 valence electrons. The molecule has 31 heavy (non-hydrogen) atoms. The molecule has 0 saturated heterocycles. The molecule has 7 heteroatoms. The second-order valence-electron chi connectivity index (χ2n) is 7.29. The highest BCUT2D eigenvalue weighted by atomic mass is 35.5. The van der Waals surface area contributed by atoms with Crippen molar-refractivity contribution in [3.05, 3.63) is 92.9 Å². The summed E-state index contributed by atoms with van der Waals surface area (Å²) in [6.07, 6.45) is 3.55. The Hall–Kier alpha value is -3.33. The van der Waals surface area contributed by atoms with Gasteiger partial charge >= 0.3 is 0 Å². The summed E-state index contributed by atoms with van der Waals surface area (Å²) in [6.45, 7) is 4.16. The van der Waals surface area contributed by atoms with Gasteiger partial charge in [0, 0.05) is 34.9 Å². The zero-order valence-electron chi connectivity index (χ0n) is 16.9. The Kier molecular flexibility index (Phi) is 5.69. The number of benzene rings is 2. The lowest BCUT2D eigenvalue weighted by Gasteiger charge is -2.06. The number of rotatable bonds is 4. The zero-order chi connectivity index (χ0) is 22.1. The van der Waals surface area contributed by atoms with Crippen molar-refractivity contribution in [2.75, 3.05) is 0 Å². The van der Waals surface area contributed by atoms with E-state index in [1.165, 1.54) is 4.68 Å². The van der Waals surface area contributed by atoms with Gasteiger partial charge in [0.2, 0.25) is 0 Å². The van der Waals surface area contributed by atoms with Crippen LogP contribution in [0.1, 0.15) is 27.3 Å². The van der Waals surface area contributed by atoms with E-state index in [-0.39, 0.29) is 5.57 Å². The van der Waals surface area contributed by atoms with Gasteiger partial charge in [-0.15, -0.1) is 0 Å². The van der Waals surface area contributed by atoms with E-state index in [0.29, 0.717) is 22.3 Å². The Morgan fingerprint density at radius 2 is 1.90 bits per heavy atom. The molecule has 0 bridgehead atoms. The van der Waals surface area contributed by atoms with Crippen LogP contribution in [0.2, 0.25) is 10.0 Å². The number of aromatic nitrogens is 3. The maximum absolute atomic E-state index is 12.9. The van der Waals surface area contributed by atoms with E-state index in [9.17, 15) is 10.1 Å². The lowest BCUT2D eigenvalue weighted by Crippen LogP contribution is -2.15. The van der Waals surface area contributed by atoms with Crippen LogP contribution < -0.4 is 0 Å². The van der Waals surface area contributed by atoms with Crippen molar-refractivity contribution in [2.24, 2.45) is 0 Å². The highest BCUT2D eigenvalue weighted by Crippen LogP contribution is 2.27. The van der Waals surface area contributed by atoms with Gasteiger partial charge in [0.15, 0.2) is 0 Å². The number of hydrogen-bond donors (Lipinski definition) is 0. The van der Waals surface area contributed by atoms with Crippen LogP contribution in [0.5, 0.6) is 0 Å². The van der Waals surface area contributed by atoms with Gasteiger partial charge in [0.1, 0.15) is 11.6 Å². The summed E-state index contributed by atoms with van der Waals surface area (Å²) in [4.78, 5) is 12.9. The maximum Gasteiger partial charge on any atom is 0.289 e. The molecule has 5 nitrogen and oxygen atoms in total. The Labute approximate surface area is 189 Å². The third-order valence-corrected chi connectivity index (χ3v) is 5.75. The van der Waals surface area contributed by atoms with E-state index < -0.39 is 5.91 Å². The van der Waals surface area contributed by atoms with Gasteiger partial charge in [-0.3, -0.25) is 4.79 Å². The quantitative estimate of drug-likeness (QED) is 0.281. The lowest BCUT2D eigenvalue weighted by molar-refractivity contribution is 0.0944. The number of halogens is 2. The Bertz CT molecular complexity index is 1390. The fourth-order valence-electron chi connectivity index (χ4n) is 3.60. The van der Waals surface area contributed by atoms with Crippen molar-refractivity contribution in [1.82, 2.24) is 14.3 Å². The van der Waals surface area contributed by atoms with Crippen LogP contribution in [0.15, 0.2) is 60.3 Å². The summed E-state index contributed by atoms with van der Waals surface area (Å²) in [5, 5.41) is 15.8. The minimum atomic E-state index is -0.450. The molecular weight excluding hydrogens is 431 g/mol. The molecule has 0 radical (unpaired) electrons. The molecule has 0 aliphatic carbocycles. The largest absolute Gasteiger partial charge is 0.342 e. The molecule has 0 spiro atoms. The van der Waals surface area contributed by atoms with Crippen molar-refractivity contribution < 1.29 is 4.79 Å². The third kappa shape index (κ3) is 4.13. The number of nitrogens with zero attached hydrogens (tertiary/aromatic N) is 4. The van der Waals surface area contributed by atoms with Crippen LogP contribution in [0, 0.1) is 25.2 Å². The number of nitriles is 1. The number of para-hydroxylation sites is 1. The van der Waals surface area contributed by atoms with Crippen molar-refractivity contribution >= 4 is 46.1 Å². The Morgan fingerprint density at radius 1 is 1.13 bits per heavy atom. The van der Waals surface area contributed by atoms with Crippen LogP contribution >= 0.6 is 23.2 Å². The first kappa shape index (κ1) is 20.9. The zero-order valence-corrected chi connectivity index (χ0v) is 18.4. The smallest absolute Gasteiger partial charge is 0.289 e. The second kappa shape index (κ2) is 8.43. The van der Waals surface area contributed by atoms with Crippen molar-refractivity contribution in [2.45, 2.75) is 20.4 Å². The number of fused-ring (bicyclic) bond motifs is 1. The SMILES string of the molecule is Cc1cc(C)n(C(=O)/C(C#N)=C/c2cn(Cc3ccc(Cl)c(Cl)c3)c3ccccc23)n1. The van der Waals surface area contributed by atoms with Crippen molar-refractivity contribution in [3.63, 3.8) is 0 Å². The molecule has 0 aliphatic heterocycles. The van der Waals surface area contributed by atoms with E-state index in [1.54, 1.807) is 25.1 Å². The summed E-state index contributed by atoms with van der Waals surface area (Å²) >= 11 is 12.2. The molecule has 4 rings (SSSR count). The number of carbonyl (C=O) groups excluding carboxylic acids is 1. The molecule has 2 heterocycles. The topological polar surface area (TPSA) is 63.6 Å². The third-order valence-electron chi connectivity index (χ3n) is 5.01.